The van der Waals surface area contributed by atoms with Crippen LogP contribution in [0.25, 0.3) is 0 Å². The summed E-state index contributed by atoms with van der Waals surface area (Å²) in [6.07, 6.45) is 6.01. The number of hydrogen-bond donors (Lipinski definition) is 2. The van der Waals surface area contributed by atoms with Crippen LogP contribution in [0.2, 0.25) is 0 Å². The van der Waals surface area contributed by atoms with Crippen molar-refractivity contribution >= 4 is 11.7 Å². The van der Waals surface area contributed by atoms with Crippen LogP contribution in [0.4, 0.5) is 5.82 Å². The second-order valence-electron chi connectivity index (χ2n) is 6.75. The Morgan fingerprint density at radius 2 is 2.19 bits per heavy atom. The number of anilines is 1. The van der Waals surface area contributed by atoms with Crippen molar-refractivity contribution in [3.05, 3.63) is 48.4 Å². The molecule has 0 saturated carbocycles. The maximum atomic E-state index is 12.9. The van der Waals surface area contributed by atoms with Gasteiger partial charge in [0.1, 0.15) is 24.3 Å². The van der Waals surface area contributed by atoms with E-state index in [-0.39, 0.29) is 18.4 Å². The second-order valence-corrected chi connectivity index (χ2v) is 6.75. The van der Waals surface area contributed by atoms with Crippen LogP contribution in [0.5, 0.6) is 5.75 Å². The molecule has 0 aliphatic carbocycles. The number of rotatable bonds is 3. The molecule has 2 aliphatic heterocycles. The number of carbonyl (C=O) groups excluding carboxylic acids is 1. The summed E-state index contributed by atoms with van der Waals surface area (Å²) >= 11 is 0. The van der Waals surface area contributed by atoms with Crippen molar-refractivity contribution in [1.29, 1.82) is 0 Å². The van der Waals surface area contributed by atoms with Crippen molar-refractivity contribution in [3.63, 3.8) is 0 Å². The molecule has 1 aromatic heterocycles. The number of carbonyl (C=O) groups is 1. The third kappa shape index (κ3) is 3.35. The number of aliphatic hydroxyl groups excluding tert-OH is 1. The highest BCUT2D eigenvalue weighted by Crippen LogP contribution is 2.32. The molecule has 1 fully saturated rings. The van der Waals surface area contributed by atoms with Crippen molar-refractivity contribution in [2.45, 2.75) is 25.0 Å². The zero-order valence-corrected chi connectivity index (χ0v) is 14.4. The normalized spacial score (nSPS) is 25.1. The first-order valence-electron chi connectivity index (χ1n) is 8.93. The second kappa shape index (κ2) is 7.29. The summed E-state index contributed by atoms with van der Waals surface area (Å²) in [6, 6.07) is 7.07. The number of piperidine rings is 1. The number of nitrogens with one attached hydrogen (secondary N) is 1. The largest absolute Gasteiger partial charge is 0.490 e. The fourth-order valence-electron chi connectivity index (χ4n) is 3.65. The highest BCUT2D eigenvalue weighted by Gasteiger charge is 2.34. The van der Waals surface area contributed by atoms with E-state index >= 15 is 0 Å². The topological polar surface area (TPSA) is 87.6 Å². The number of amides is 1. The van der Waals surface area contributed by atoms with Crippen LogP contribution in [-0.4, -0.2) is 46.8 Å². The third-order valence-corrected chi connectivity index (χ3v) is 5.01. The van der Waals surface area contributed by atoms with E-state index in [2.05, 4.69) is 20.2 Å². The molecular formula is C19H22N4O3. The average Bonchev–Trinajstić information content (AvgIpc) is 2.71. The van der Waals surface area contributed by atoms with E-state index in [0.29, 0.717) is 12.3 Å². The predicted octanol–water partition coefficient (Wildman–Crippen LogP) is 1.30. The van der Waals surface area contributed by atoms with E-state index in [1.807, 2.05) is 24.3 Å². The Balaban J connectivity index is 1.46. The maximum absolute atomic E-state index is 12.9. The minimum absolute atomic E-state index is 0.0423. The molecule has 136 valence electrons. The molecule has 7 heteroatoms. The van der Waals surface area contributed by atoms with Gasteiger partial charge in [0.05, 0.1) is 18.2 Å². The SMILES string of the molecule is O=C(N[C@H]1c2ccccc2OC[C@H]1O)C1CCCN(c2cnccn2)C1. The molecule has 3 heterocycles. The van der Waals surface area contributed by atoms with Crippen LogP contribution in [0.1, 0.15) is 24.4 Å². The van der Waals surface area contributed by atoms with Crippen LogP contribution in [0.15, 0.2) is 42.9 Å². The fourth-order valence-corrected chi connectivity index (χ4v) is 3.65. The molecule has 0 spiro atoms. The van der Waals surface area contributed by atoms with E-state index < -0.39 is 12.1 Å². The molecule has 1 aromatic carbocycles. The summed E-state index contributed by atoms with van der Waals surface area (Å²) in [7, 11) is 0. The van der Waals surface area contributed by atoms with Crippen molar-refractivity contribution < 1.29 is 14.6 Å². The molecule has 0 bridgehead atoms. The maximum Gasteiger partial charge on any atom is 0.225 e. The minimum Gasteiger partial charge on any atom is -0.490 e. The van der Waals surface area contributed by atoms with E-state index in [4.69, 9.17) is 4.74 Å². The van der Waals surface area contributed by atoms with Crippen molar-refractivity contribution in [3.8, 4) is 5.75 Å². The summed E-state index contributed by atoms with van der Waals surface area (Å²) in [6.45, 7) is 1.65. The molecule has 0 radical (unpaired) electrons. The highest BCUT2D eigenvalue weighted by molar-refractivity contribution is 5.80. The molecule has 1 saturated heterocycles. The van der Waals surface area contributed by atoms with Gasteiger partial charge in [-0.2, -0.15) is 0 Å². The van der Waals surface area contributed by atoms with Gasteiger partial charge in [0.25, 0.3) is 0 Å². The first-order valence-corrected chi connectivity index (χ1v) is 8.93. The summed E-state index contributed by atoms with van der Waals surface area (Å²) < 4.78 is 5.54. The van der Waals surface area contributed by atoms with Gasteiger partial charge in [-0.25, -0.2) is 4.98 Å². The number of nitrogens with zero attached hydrogens (tertiary/aromatic N) is 3. The number of aromatic nitrogens is 2. The highest BCUT2D eigenvalue weighted by atomic mass is 16.5. The van der Waals surface area contributed by atoms with Crippen molar-refractivity contribution in [1.82, 2.24) is 15.3 Å². The van der Waals surface area contributed by atoms with Crippen LogP contribution in [0.3, 0.4) is 0 Å². The van der Waals surface area contributed by atoms with Crippen LogP contribution in [-0.2, 0) is 4.79 Å². The standard InChI is InChI=1S/C19H22N4O3/c24-15-12-26-16-6-2-1-5-14(16)18(15)22-19(25)13-4-3-9-23(11-13)17-10-20-7-8-21-17/h1-2,5-8,10,13,15,18,24H,3-4,9,11-12H2,(H,22,25)/t13?,15-,18+/m1/s1. The van der Waals surface area contributed by atoms with E-state index in [9.17, 15) is 9.90 Å². The van der Waals surface area contributed by atoms with Gasteiger partial charge < -0.3 is 20.1 Å². The lowest BCUT2D eigenvalue weighted by atomic mass is 9.94. The zero-order chi connectivity index (χ0) is 17.9. The molecule has 2 aliphatic rings. The Labute approximate surface area is 152 Å². The minimum atomic E-state index is -0.756. The molecule has 7 nitrogen and oxygen atoms in total. The fraction of sp³-hybridized carbons (Fsp3) is 0.421. The van der Waals surface area contributed by atoms with Gasteiger partial charge in [0.2, 0.25) is 5.91 Å². The smallest absolute Gasteiger partial charge is 0.225 e. The van der Waals surface area contributed by atoms with Gasteiger partial charge in [-0.1, -0.05) is 18.2 Å². The number of benzene rings is 1. The lowest BCUT2D eigenvalue weighted by Crippen LogP contribution is -2.48. The van der Waals surface area contributed by atoms with Crippen molar-refractivity contribution in [2.24, 2.45) is 5.92 Å². The van der Waals surface area contributed by atoms with Crippen LogP contribution in [0, 0.1) is 5.92 Å². The monoisotopic (exact) mass is 354 g/mol. The Bertz CT molecular complexity index is 770. The number of aliphatic hydroxyl groups is 1. The first-order chi connectivity index (χ1) is 12.7. The van der Waals surface area contributed by atoms with E-state index in [0.717, 1.165) is 30.8 Å². The molecule has 1 amide bonds. The number of para-hydroxylation sites is 1. The predicted molar refractivity (Wildman–Crippen MR) is 95.8 cm³/mol. The molecule has 3 atom stereocenters. The van der Waals surface area contributed by atoms with Gasteiger partial charge in [-0.3, -0.25) is 9.78 Å². The van der Waals surface area contributed by atoms with E-state index in [1.54, 1.807) is 18.6 Å². The Hall–Kier alpha value is -2.67. The molecule has 2 aromatic rings. The lowest BCUT2D eigenvalue weighted by molar-refractivity contribution is -0.127. The third-order valence-electron chi connectivity index (χ3n) is 5.01. The Morgan fingerprint density at radius 1 is 1.31 bits per heavy atom. The summed E-state index contributed by atoms with van der Waals surface area (Å²) in [5.41, 5.74) is 0.821. The average molecular weight is 354 g/mol. The summed E-state index contributed by atoms with van der Waals surface area (Å²) in [5.74, 6) is 1.32. The lowest BCUT2D eigenvalue weighted by Gasteiger charge is -2.35. The van der Waals surface area contributed by atoms with Crippen LogP contribution >= 0.6 is 0 Å². The van der Waals surface area contributed by atoms with Crippen molar-refractivity contribution in [2.75, 3.05) is 24.6 Å². The molecular weight excluding hydrogens is 332 g/mol. The molecule has 4 rings (SSSR count). The van der Waals surface area contributed by atoms with Gasteiger partial charge in [0, 0.05) is 31.0 Å². The van der Waals surface area contributed by atoms with Gasteiger partial charge in [-0.15, -0.1) is 0 Å². The van der Waals surface area contributed by atoms with Gasteiger partial charge in [0.15, 0.2) is 0 Å². The quantitative estimate of drug-likeness (QED) is 0.864. The van der Waals surface area contributed by atoms with Crippen LogP contribution < -0.4 is 15.0 Å². The Kier molecular flexibility index (Phi) is 4.71. The first kappa shape index (κ1) is 16.8. The number of hydrogen-bond acceptors (Lipinski definition) is 6. The zero-order valence-electron chi connectivity index (χ0n) is 14.4. The van der Waals surface area contributed by atoms with E-state index in [1.165, 1.54) is 0 Å². The molecule has 1 unspecified atom stereocenters. The number of fused-ring (bicyclic) bond motifs is 1. The summed E-state index contributed by atoms with van der Waals surface area (Å²) in [4.78, 5) is 23.4. The molecule has 26 heavy (non-hydrogen) atoms. The van der Waals surface area contributed by atoms with Gasteiger partial charge >= 0.3 is 0 Å². The Morgan fingerprint density at radius 3 is 3.04 bits per heavy atom. The molecule has 2 N–H and O–H groups in total. The summed E-state index contributed by atoms with van der Waals surface area (Å²) in [5, 5.41) is 13.4. The van der Waals surface area contributed by atoms with Gasteiger partial charge in [-0.05, 0) is 18.9 Å². The number of ether oxygens (including phenoxy) is 1.